The molecule has 15 heavy (non-hydrogen) atoms. The van der Waals surface area contributed by atoms with E-state index in [0.717, 1.165) is 16.5 Å². The Morgan fingerprint density at radius 3 is 2.80 bits per heavy atom. The molecular formula is C12H16N2O. The van der Waals surface area contributed by atoms with E-state index < -0.39 is 6.10 Å². The van der Waals surface area contributed by atoms with Crippen LogP contribution in [-0.4, -0.2) is 35.6 Å². The molecule has 2 N–H and O–H groups in total. The van der Waals surface area contributed by atoms with Gasteiger partial charge in [0.15, 0.2) is 0 Å². The SMILES string of the molecule is CN(C)CC(O)c1c[nH]c2ccccc12. The molecule has 0 aliphatic carbocycles. The number of nitrogens with zero attached hydrogens (tertiary/aromatic N) is 1. The van der Waals surface area contributed by atoms with Gasteiger partial charge in [-0.15, -0.1) is 0 Å². The smallest absolute Gasteiger partial charge is 0.0937 e. The van der Waals surface area contributed by atoms with Crippen molar-refractivity contribution in [2.75, 3.05) is 20.6 Å². The van der Waals surface area contributed by atoms with Crippen LogP contribution in [0.1, 0.15) is 11.7 Å². The average molecular weight is 204 g/mol. The van der Waals surface area contributed by atoms with Crippen LogP contribution in [0.4, 0.5) is 0 Å². The van der Waals surface area contributed by atoms with Crippen LogP contribution in [0.25, 0.3) is 10.9 Å². The summed E-state index contributed by atoms with van der Waals surface area (Å²) in [7, 11) is 3.91. The van der Waals surface area contributed by atoms with Crippen LogP contribution >= 0.6 is 0 Å². The predicted octanol–water partition coefficient (Wildman–Crippen LogP) is 1.76. The summed E-state index contributed by atoms with van der Waals surface area (Å²) in [5.41, 5.74) is 2.05. The van der Waals surface area contributed by atoms with Crippen molar-refractivity contribution in [2.24, 2.45) is 0 Å². The van der Waals surface area contributed by atoms with Crippen LogP contribution in [-0.2, 0) is 0 Å². The van der Waals surface area contributed by atoms with E-state index in [1.54, 1.807) is 0 Å². The van der Waals surface area contributed by atoms with E-state index in [4.69, 9.17) is 0 Å². The summed E-state index contributed by atoms with van der Waals surface area (Å²) in [6.07, 6.45) is 1.45. The van der Waals surface area contributed by atoms with E-state index in [0.29, 0.717) is 6.54 Å². The van der Waals surface area contributed by atoms with Crippen LogP contribution in [0.5, 0.6) is 0 Å². The molecule has 1 atom stereocenters. The molecule has 3 heteroatoms. The van der Waals surface area contributed by atoms with Gasteiger partial charge in [-0.05, 0) is 20.2 Å². The highest BCUT2D eigenvalue weighted by Gasteiger charge is 2.12. The fourth-order valence-electron chi connectivity index (χ4n) is 1.81. The number of para-hydroxylation sites is 1. The van der Waals surface area contributed by atoms with Gasteiger partial charge < -0.3 is 15.0 Å². The Morgan fingerprint density at radius 1 is 1.33 bits per heavy atom. The van der Waals surface area contributed by atoms with Crippen LogP contribution in [0.15, 0.2) is 30.5 Å². The molecule has 80 valence electrons. The number of rotatable bonds is 3. The second-order valence-electron chi connectivity index (χ2n) is 4.07. The van der Waals surface area contributed by atoms with Crippen molar-refractivity contribution in [3.8, 4) is 0 Å². The topological polar surface area (TPSA) is 39.3 Å². The monoisotopic (exact) mass is 204 g/mol. The highest BCUT2D eigenvalue weighted by molar-refractivity contribution is 5.83. The van der Waals surface area contributed by atoms with Crippen molar-refractivity contribution >= 4 is 10.9 Å². The normalized spacial score (nSPS) is 13.6. The zero-order valence-electron chi connectivity index (χ0n) is 9.07. The van der Waals surface area contributed by atoms with E-state index in [-0.39, 0.29) is 0 Å². The van der Waals surface area contributed by atoms with E-state index >= 15 is 0 Å². The van der Waals surface area contributed by atoms with Gasteiger partial charge in [-0.2, -0.15) is 0 Å². The number of likely N-dealkylation sites (N-methyl/N-ethyl adjacent to an activating group) is 1. The largest absolute Gasteiger partial charge is 0.387 e. The molecule has 1 unspecified atom stereocenters. The van der Waals surface area contributed by atoms with Crippen molar-refractivity contribution < 1.29 is 5.11 Å². The fourth-order valence-corrected chi connectivity index (χ4v) is 1.81. The molecule has 0 radical (unpaired) electrons. The lowest BCUT2D eigenvalue weighted by molar-refractivity contribution is 0.140. The van der Waals surface area contributed by atoms with E-state index in [1.165, 1.54) is 0 Å². The molecule has 2 aromatic rings. The highest BCUT2D eigenvalue weighted by atomic mass is 16.3. The molecule has 2 rings (SSSR count). The lowest BCUT2D eigenvalue weighted by Crippen LogP contribution is -2.19. The maximum atomic E-state index is 10.0. The molecule has 0 spiro atoms. The number of aliphatic hydroxyl groups is 1. The lowest BCUT2D eigenvalue weighted by atomic mass is 10.1. The van der Waals surface area contributed by atoms with Gasteiger partial charge in [0.25, 0.3) is 0 Å². The number of fused-ring (bicyclic) bond motifs is 1. The Labute approximate surface area is 89.3 Å². The third-order valence-corrected chi connectivity index (χ3v) is 2.52. The molecular weight excluding hydrogens is 188 g/mol. The first kappa shape index (κ1) is 10.2. The first-order valence-corrected chi connectivity index (χ1v) is 5.07. The Hall–Kier alpha value is -1.32. The lowest BCUT2D eigenvalue weighted by Gasteiger charge is -2.15. The minimum atomic E-state index is -0.434. The maximum absolute atomic E-state index is 10.0. The van der Waals surface area contributed by atoms with Crippen molar-refractivity contribution in [2.45, 2.75) is 6.10 Å². The second-order valence-corrected chi connectivity index (χ2v) is 4.07. The van der Waals surface area contributed by atoms with E-state index in [2.05, 4.69) is 4.98 Å². The first-order valence-electron chi connectivity index (χ1n) is 5.07. The molecule has 3 nitrogen and oxygen atoms in total. The zero-order chi connectivity index (χ0) is 10.8. The highest BCUT2D eigenvalue weighted by Crippen LogP contribution is 2.23. The maximum Gasteiger partial charge on any atom is 0.0937 e. The number of aliphatic hydroxyl groups excluding tert-OH is 1. The second kappa shape index (κ2) is 4.04. The Bertz CT molecular complexity index is 448. The standard InChI is InChI=1S/C12H16N2O/c1-14(2)8-12(15)10-7-13-11-6-4-3-5-9(10)11/h3-7,12-13,15H,8H2,1-2H3. The molecule has 1 aromatic carbocycles. The molecule has 0 saturated heterocycles. The molecule has 0 fully saturated rings. The van der Waals surface area contributed by atoms with E-state index in [9.17, 15) is 5.11 Å². The third-order valence-electron chi connectivity index (χ3n) is 2.52. The minimum Gasteiger partial charge on any atom is -0.387 e. The zero-order valence-corrected chi connectivity index (χ0v) is 9.07. The van der Waals surface area contributed by atoms with Gasteiger partial charge in [0.05, 0.1) is 6.10 Å². The summed E-state index contributed by atoms with van der Waals surface area (Å²) in [4.78, 5) is 5.14. The van der Waals surface area contributed by atoms with E-state index in [1.807, 2.05) is 49.5 Å². The van der Waals surface area contributed by atoms with Crippen molar-refractivity contribution in [1.29, 1.82) is 0 Å². The summed E-state index contributed by atoms with van der Waals surface area (Å²) in [6.45, 7) is 0.641. The molecule has 0 amide bonds. The fraction of sp³-hybridized carbons (Fsp3) is 0.333. The minimum absolute atomic E-state index is 0.434. The number of benzene rings is 1. The Balaban J connectivity index is 2.35. The van der Waals surface area contributed by atoms with Crippen molar-refractivity contribution in [1.82, 2.24) is 9.88 Å². The van der Waals surface area contributed by atoms with Gasteiger partial charge >= 0.3 is 0 Å². The number of hydrogen-bond acceptors (Lipinski definition) is 2. The number of nitrogens with one attached hydrogen (secondary N) is 1. The average Bonchev–Trinajstić information content (AvgIpc) is 2.59. The van der Waals surface area contributed by atoms with Crippen LogP contribution in [0, 0.1) is 0 Å². The molecule has 1 heterocycles. The Morgan fingerprint density at radius 2 is 2.07 bits per heavy atom. The molecule has 1 aromatic heterocycles. The van der Waals surface area contributed by atoms with Crippen LogP contribution < -0.4 is 0 Å². The molecule has 0 bridgehead atoms. The summed E-state index contributed by atoms with van der Waals surface area (Å²) < 4.78 is 0. The third kappa shape index (κ3) is 2.03. The van der Waals surface area contributed by atoms with Gasteiger partial charge in [-0.3, -0.25) is 0 Å². The Kier molecular flexibility index (Phi) is 2.75. The van der Waals surface area contributed by atoms with Gasteiger partial charge in [0.1, 0.15) is 0 Å². The van der Waals surface area contributed by atoms with Gasteiger partial charge in [-0.1, -0.05) is 18.2 Å². The van der Waals surface area contributed by atoms with Crippen molar-refractivity contribution in [3.63, 3.8) is 0 Å². The summed E-state index contributed by atoms with van der Waals surface area (Å²) in [5.74, 6) is 0. The van der Waals surface area contributed by atoms with Gasteiger partial charge in [0, 0.05) is 29.2 Å². The number of hydrogen-bond donors (Lipinski definition) is 2. The van der Waals surface area contributed by atoms with Crippen LogP contribution in [0.2, 0.25) is 0 Å². The number of aromatic nitrogens is 1. The van der Waals surface area contributed by atoms with Gasteiger partial charge in [0.2, 0.25) is 0 Å². The van der Waals surface area contributed by atoms with Crippen LogP contribution in [0.3, 0.4) is 0 Å². The van der Waals surface area contributed by atoms with Crippen molar-refractivity contribution in [3.05, 3.63) is 36.0 Å². The molecule has 0 saturated carbocycles. The predicted molar refractivity (Wildman–Crippen MR) is 61.8 cm³/mol. The number of H-pyrrole nitrogens is 1. The molecule has 0 aliphatic heterocycles. The summed E-state index contributed by atoms with van der Waals surface area (Å²) >= 11 is 0. The summed E-state index contributed by atoms with van der Waals surface area (Å²) in [6, 6.07) is 8.02. The first-order chi connectivity index (χ1) is 7.18. The van der Waals surface area contributed by atoms with Gasteiger partial charge in [-0.25, -0.2) is 0 Å². The quantitative estimate of drug-likeness (QED) is 0.799. The summed E-state index contributed by atoms with van der Waals surface area (Å²) in [5, 5.41) is 11.1. The molecule has 0 aliphatic rings. The number of aromatic amines is 1.